The third-order valence-electron chi connectivity index (χ3n) is 1.09. The maximum absolute atomic E-state index is 12.4. The van der Waals surface area contributed by atoms with Gasteiger partial charge in [-0.15, -0.1) is 0 Å². The normalized spacial score (nSPS) is 7.64. The van der Waals surface area contributed by atoms with E-state index in [4.69, 9.17) is 5.26 Å². The average Bonchev–Trinajstić information content (AvgIpc) is 2.01. The van der Waals surface area contributed by atoms with Crippen LogP contribution in [0.1, 0.15) is 5.56 Å². The van der Waals surface area contributed by atoms with Gasteiger partial charge in [-0.1, -0.05) is 12.0 Å². The molecule has 1 rings (SSSR count). The first-order chi connectivity index (χ1) is 5.33. The Hall–Kier alpha value is -1.80. The molecule has 0 unspecified atom stereocenters. The van der Waals surface area contributed by atoms with Crippen molar-refractivity contribution in [2.45, 2.75) is 0 Å². The number of hydrogen-bond donors (Lipinski definition) is 0. The summed E-state index contributed by atoms with van der Waals surface area (Å²) in [4.78, 5) is 0. The van der Waals surface area contributed by atoms with Crippen molar-refractivity contribution in [3.63, 3.8) is 0 Å². The van der Waals surface area contributed by atoms with E-state index in [1.807, 2.05) is 0 Å². The highest BCUT2D eigenvalue weighted by Gasteiger charge is 1.88. The van der Waals surface area contributed by atoms with E-state index >= 15 is 0 Å². The molecule has 52 valence electrons. The Kier molecular flexibility index (Phi) is 2.25. The Balaban J connectivity index is 2.99. The van der Waals surface area contributed by atoms with Crippen LogP contribution >= 0.6 is 0 Å². The molecule has 0 aromatic heterocycles. The summed E-state index contributed by atoms with van der Waals surface area (Å²) in [5.74, 6) is 4.33. The Morgan fingerprint density at radius 2 is 2.18 bits per heavy atom. The summed E-state index contributed by atoms with van der Waals surface area (Å²) in [6, 6.07) is 7.46. The van der Waals surface area contributed by atoms with E-state index in [0.29, 0.717) is 5.56 Å². The molecule has 1 nitrogen and oxygen atoms in total. The van der Waals surface area contributed by atoms with Crippen molar-refractivity contribution in [3.8, 4) is 17.9 Å². The lowest BCUT2D eigenvalue weighted by molar-refractivity contribution is 0.627. The van der Waals surface area contributed by atoms with Gasteiger partial charge in [0.1, 0.15) is 5.82 Å². The molecule has 0 radical (unpaired) electrons. The maximum Gasteiger partial charge on any atom is 0.152 e. The van der Waals surface area contributed by atoms with E-state index in [-0.39, 0.29) is 5.82 Å². The third kappa shape index (κ3) is 2.12. The smallest absolute Gasteiger partial charge is 0.152 e. The zero-order chi connectivity index (χ0) is 8.10. The highest BCUT2D eigenvalue weighted by molar-refractivity contribution is 5.37. The molecule has 2 heteroatoms. The quantitative estimate of drug-likeness (QED) is 0.510. The summed E-state index contributed by atoms with van der Waals surface area (Å²) in [5, 5.41) is 8.08. The molecular weight excluding hydrogens is 141 g/mol. The number of rotatable bonds is 0. The molecule has 0 aliphatic heterocycles. The minimum atomic E-state index is -0.338. The summed E-state index contributed by atoms with van der Waals surface area (Å²) < 4.78 is 12.4. The highest BCUT2D eigenvalue weighted by Crippen LogP contribution is 2.00. The van der Waals surface area contributed by atoms with Gasteiger partial charge >= 0.3 is 0 Å². The molecule has 0 aliphatic rings. The van der Waals surface area contributed by atoms with Crippen LogP contribution in [-0.2, 0) is 0 Å². The van der Waals surface area contributed by atoms with Gasteiger partial charge in [-0.2, -0.15) is 5.26 Å². The molecule has 0 atom stereocenters. The van der Waals surface area contributed by atoms with Crippen molar-refractivity contribution < 1.29 is 4.39 Å². The molecule has 0 bridgehead atoms. The number of halogens is 1. The first-order valence-corrected chi connectivity index (χ1v) is 2.98. The van der Waals surface area contributed by atoms with E-state index in [1.54, 1.807) is 18.2 Å². The molecule has 1 aromatic rings. The monoisotopic (exact) mass is 145 g/mol. The van der Waals surface area contributed by atoms with Crippen molar-refractivity contribution in [1.82, 2.24) is 0 Å². The molecule has 1 aromatic carbocycles. The van der Waals surface area contributed by atoms with E-state index in [1.165, 1.54) is 12.1 Å². The molecule has 11 heavy (non-hydrogen) atoms. The maximum atomic E-state index is 12.4. The van der Waals surface area contributed by atoms with Crippen molar-refractivity contribution in [2.75, 3.05) is 0 Å². The van der Waals surface area contributed by atoms with Crippen LogP contribution in [0, 0.1) is 29.0 Å². The molecule has 0 heterocycles. The van der Waals surface area contributed by atoms with E-state index < -0.39 is 0 Å². The Morgan fingerprint density at radius 1 is 1.36 bits per heavy atom. The van der Waals surface area contributed by atoms with E-state index in [9.17, 15) is 4.39 Å². The van der Waals surface area contributed by atoms with Gasteiger partial charge in [-0.25, -0.2) is 4.39 Å². The summed E-state index contributed by atoms with van der Waals surface area (Å²) in [6.45, 7) is 0. The van der Waals surface area contributed by atoms with Gasteiger partial charge in [-0.3, -0.25) is 0 Å². The standard InChI is InChI=1S/C9H4FN/c10-9-5-1-3-8(7-9)4-2-6-11/h1,3,5,7H. The fourth-order valence-corrected chi connectivity index (χ4v) is 0.666. The van der Waals surface area contributed by atoms with Crippen LogP contribution in [0.25, 0.3) is 0 Å². The van der Waals surface area contributed by atoms with Crippen LogP contribution in [0.3, 0.4) is 0 Å². The topological polar surface area (TPSA) is 23.8 Å². The minimum Gasteiger partial charge on any atom is -0.207 e. The molecule has 0 N–H and O–H groups in total. The van der Waals surface area contributed by atoms with Crippen molar-refractivity contribution in [3.05, 3.63) is 35.6 Å². The third-order valence-corrected chi connectivity index (χ3v) is 1.09. The van der Waals surface area contributed by atoms with Crippen LogP contribution in [0.2, 0.25) is 0 Å². The second-order valence-corrected chi connectivity index (χ2v) is 1.87. The van der Waals surface area contributed by atoms with Crippen LogP contribution in [0.15, 0.2) is 24.3 Å². The number of benzene rings is 1. The minimum absolute atomic E-state index is 0.338. The zero-order valence-electron chi connectivity index (χ0n) is 5.63. The number of hydrogen-bond acceptors (Lipinski definition) is 1. The first kappa shape index (κ1) is 7.31. The SMILES string of the molecule is N#CC#Cc1cccc(F)c1. The highest BCUT2D eigenvalue weighted by atomic mass is 19.1. The molecule has 0 saturated carbocycles. The van der Waals surface area contributed by atoms with Crippen molar-refractivity contribution >= 4 is 0 Å². The van der Waals surface area contributed by atoms with E-state index in [2.05, 4.69) is 11.8 Å². The predicted molar refractivity (Wildman–Crippen MR) is 38.9 cm³/mol. The largest absolute Gasteiger partial charge is 0.207 e. The number of nitriles is 1. The van der Waals surface area contributed by atoms with Gasteiger partial charge in [0.2, 0.25) is 0 Å². The van der Waals surface area contributed by atoms with Crippen LogP contribution in [-0.4, -0.2) is 0 Å². The lowest BCUT2D eigenvalue weighted by Gasteiger charge is -1.87. The molecule has 0 saturated heterocycles. The average molecular weight is 145 g/mol. The Bertz CT molecular complexity index is 352. The van der Waals surface area contributed by atoms with Gasteiger partial charge in [0.15, 0.2) is 6.07 Å². The Morgan fingerprint density at radius 3 is 2.82 bits per heavy atom. The summed E-state index contributed by atoms with van der Waals surface area (Å²) in [7, 11) is 0. The number of nitrogens with zero attached hydrogens (tertiary/aromatic N) is 1. The van der Waals surface area contributed by atoms with E-state index in [0.717, 1.165) is 0 Å². The summed E-state index contributed by atoms with van der Waals surface area (Å²) in [6.07, 6.45) is 0. The van der Waals surface area contributed by atoms with Gasteiger partial charge < -0.3 is 0 Å². The van der Waals surface area contributed by atoms with Crippen molar-refractivity contribution in [2.24, 2.45) is 0 Å². The first-order valence-electron chi connectivity index (χ1n) is 2.98. The molecular formula is C9H4FN. The Labute approximate surface area is 64.1 Å². The van der Waals surface area contributed by atoms with Crippen molar-refractivity contribution in [1.29, 1.82) is 5.26 Å². The second-order valence-electron chi connectivity index (χ2n) is 1.87. The van der Waals surface area contributed by atoms with Crippen LogP contribution in [0.5, 0.6) is 0 Å². The second kappa shape index (κ2) is 3.39. The molecule has 0 aliphatic carbocycles. The fourth-order valence-electron chi connectivity index (χ4n) is 0.666. The van der Waals surface area contributed by atoms with Gasteiger partial charge in [0.25, 0.3) is 0 Å². The van der Waals surface area contributed by atoms with Crippen LogP contribution in [0.4, 0.5) is 4.39 Å². The van der Waals surface area contributed by atoms with Gasteiger partial charge in [-0.05, 0) is 18.2 Å². The predicted octanol–water partition coefficient (Wildman–Crippen LogP) is 1.70. The lowest BCUT2D eigenvalue weighted by Crippen LogP contribution is -1.75. The molecule has 0 amide bonds. The van der Waals surface area contributed by atoms with Crippen LogP contribution < -0.4 is 0 Å². The lowest BCUT2D eigenvalue weighted by atomic mass is 10.2. The van der Waals surface area contributed by atoms with Gasteiger partial charge in [0.05, 0.1) is 0 Å². The van der Waals surface area contributed by atoms with Gasteiger partial charge in [0, 0.05) is 11.5 Å². The fraction of sp³-hybridized carbons (Fsp3) is 0. The summed E-state index contributed by atoms with van der Waals surface area (Å²) >= 11 is 0. The molecule has 0 spiro atoms. The molecule has 0 fully saturated rings. The zero-order valence-corrected chi connectivity index (χ0v) is 5.63. The summed E-state index contributed by atoms with van der Waals surface area (Å²) in [5.41, 5.74) is 0.520.